The van der Waals surface area contributed by atoms with Gasteiger partial charge in [0.1, 0.15) is 0 Å². The molecule has 0 radical (unpaired) electrons. The molecule has 0 aliphatic heterocycles. The van der Waals surface area contributed by atoms with E-state index in [1.165, 1.54) is 11.3 Å². The van der Waals surface area contributed by atoms with Gasteiger partial charge in [0.15, 0.2) is 0 Å². The number of benzene rings is 1. The number of rotatable bonds is 3. The summed E-state index contributed by atoms with van der Waals surface area (Å²) >= 11 is 7.06. The fraction of sp³-hybridized carbons (Fsp3) is 0.188. The van der Waals surface area contributed by atoms with Crippen LogP contribution in [0.15, 0.2) is 30.3 Å². The van der Waals surface area contributed by atoms with Crippen molar-refractivity contribution in [2.75, 3.05) is 11.9 Å². The molecular weight excluding hydrogens is 306 g/mol. The lowest BCUT2D eigenvalue weighted by Crippen LogP contribution is -2.10. The lowest BCUT2D eigenvalue weighted by molar-refractivity contribution is 0.103. The number of hydrogen-bond acceptors (Lipinski definition) is 3. The molecule has 21 heavy (non-hydrogen) atoms. The first-order valence-corrected chi connectivity index (χ1v) is 7.56. The molecule has 0 fully saturated rings. The van der Waals surface area contributed by atoms with Crippen molar-refractivity contribution >= 4 is 34.5 Å². The highest BCUT2D eigenvalue weighted by Gasteiger charge is 2.09. The van der Waals surface area contributed by atoms with Crippen LogP contribution < -0.4 is 5.32 Å². The quantitative estimate of drug-likeness (QED) is 0.848. The van der Waals surface area contributed by atoms with Crippen molar-refractivity contribution < 1.29 is 9.90 Å². The Kier molecular flexibility index (Phi) is 5.40. The third-order valence-electron chi connectivity index (χ3n) is 2.75. The molecule has 0 saturated carbocycles. The normalized spacial score (nSPS) is 9.86. The largest absolute Gasteiger partial charge is 0.395 e. The van der Waals surface area contributed by atoms with Gasteiger partial charge in [-0.1, -0.05) is 29.5 Å². The van der Waals surface area contributed by atoms with Gasteiger partial charge in [-0.2, -0.15) is 0 Å². The van der Waals surface area contributed by atoms with Crippen LogP contribution in [-0.2, 0) is 0 Å². The van der Waals surface area contributed by atoms with Crippen molar-refractivity contribution in [1.29, 1.82) is 0 Å². The van der Waals surface area contributed by atoms with Gasteiger partial charge in [-0.25, -0.2) is 0 Å². The zero-order valence-electron chi connectivity index (χ0n) is 11.4. The number of carbonyl (C=O) groups excluding carboxylic acids is 1. The van der Waals surface area contributed by atoms with Crippen molar-refractivity contribution in [3.63, 3.8) is 0 Å². The van der Waals surface area contributed by atoms with E-state index < -0.39 is 0 Å². The van der Waals surface area contributed by atoms with E-state index in [1.807, 2.05) is 25.1 Å². The van der Waals surface area contributed by atoms with Crippen LogP contribution in [0.2, 0.25) is 4.34 Å². The number of hydrogen-bond donors (Lipinski definition) is 2. The lowest BCUT2D eigenvalue weighted by Gasteiger charge is -2.06. The molecule has 2 aromatic rings. The molecule has 2 N–H and O–H groups in total. The first kappa shape index (κ1) is 15.6. The summed E-state index contributed by atoms with van der Waals surface area (Å²) in [6, 6.07) is 8.95. The maximum absolute atomic E-state index is 12.1. The molecule has 1 aromatic heterocycles. The van der Waals surface area contributed by atoms with Crippen molar-refractivity contribution in [2.24, 2.45) is 0 Å². The van der Waals surface area contributed by atoms with Gasteiger partial charge < -0.3 is 10.4 Å². The van der Waals surface area contributed by atoms with Crippen LogP contribution in [-0.4, -0.2) is 17.6 Å². The fourth-order valence-electron chi connectivity index (χ4n) is 1.68. The number of amides is 1. The standard InChI is InChI=1S/C16H14ClNO2S/c1-11-5-6-13(10-12(11)4-2-3-9-19)18-16(20)14-7-8-15(17)21-14/h5-8,10,19H,3,9H2,1H3,(H,18,20). The van der Waals surface area contributed by atoms with Gasteiger partial charge in [-0.15, -0.1) is 11.3 Å². The van der Waals surface area contributed by atoms with Crippen molar-refractivity contribution in [2.45, 2.75) is 13.3 Å². The van der Waals surface area contributed by atoms with Gasteiger partial charge in [0.2, 0.25) is 0 Å². The zero-order valence-corrected chi connectivity index (χ0v) is 13.0. The van der Waals surface area contributed by atoms with Crippen molar-refractivity contribution in [3.05, 3.63) is 50.7 Å². The summed E-state index contributed by atoms with van der Waals surface area (Å²) in [5.74, 6) is 5.68. The van der Waals surface area contributed by atoms with E-state index in [-0.39, 0.29) is 12.5 Å². The van der Waals surface area contributed by atoms with Gasteiger partial charge in [-0.05, 0) is 36.8 Å². The Morgan fingerprint density at radius 2 is 2.19 bits per heavy atom. The molecule has 0 atom stereocenters. The highest BCUT2D eigenvalue weighted by molar-refractivity contribution is 7.18. The Bertz CT molecular complexity index is 713. The Balaban J connectivity index is 2.16. The molecule has 5 heteroatoms. The second kappa shape index (κ2) is 7.28. The van der Waals surface area contributed by atoms with Gasteiger partial charge in [-0.3, -0.25) is 4.79 Å². The summed E-state index contributed by atoms with van der Waals surface area (Å²) in [5.41, 5.74) is 2.55. The predicted octanol–water partition coefficient (Wildman–Crippen LogP) is 3.70. The molecule has 0 unspecified atom stereocenters. The molecule has 2 rings (SSSR count). The van der Waals surface area contributed by atoms with Gasteiger partial charge in [0.25, 0.3) is 5.91 Å². The lowest BCUT2D eigenvalue weighted by atomic mass is 10.1. The number of nitrogens with one attached hydrogen (secondary N) is 1. The Morgan fingerprint density at radius 1 is 1.38 bits per heavy atom. The second-order valence-electron chi connectivity index (χ2n) is 4.36. The Hall–Kier alpha value is -1.80. The Morgan fingerprint density at radius 3 is 2.86 bits per heavy atom. The molecule has 0 bridgehead atoms. The van der Waals surface area contributed by atoms with E-state index >= 15 is 0 Å². The third kappa shape index (κ3) is 4.33. The van der Waals surface area contributed by atoms with E-state index in [4.69, 9.17) is 16.7 Å². The van der Waals surface area contributed by atoms with Crippen LogP contribution >= 0.6 is 22.9 Å². The molecule has 0 saturated heterocycles. The second-order valence-corrected chi connectivity index (χ2v) is 6.08. The summed E-state index contributed by atoms with van der Waals surface area (Å²) in [4.78, 5) is 12.6. The van der Waals surface area contributed by atoms with Crippen LogP contribution in [0.4, 0.5) is 5.69 Å². The van der Waals surface area contributed by atoms with Crippen molar-refractivity contribution in [1.82, 2.24) is 0 Å². The SMILES string of the molecule is Cc1ccc(NC(=O)c2ccc(Cl)s2)cc1C#CCCO. The van der Waals surface area contributed by atoms with Crippen LogP contribution in [0, 0.1) is 18.8 Å². The number of aryl methyl sites for hydroxylation is 1. The summed E-state index contributed by atoms with van der Waals surface area (Å²) < 4.78 is 0.583. The molecular formula is C16H14ClNO2S. The molecule has 108 valence electrons. The average Bonchev–Trinajstić information content (AvgIpc) is 2.89. The van der Waals surface area contributed by atoms with Crippen molar-refractivity contribution in [3.8, 4) is 11.8 Å². The van der Waals surface area contributed by atoms with E-state index in [0.29, 0.717) is 21.3 Å². The van der Waals surface area contributed by atoms with Gasteiger partial charge in [0, 0.05) is 17.7 Å². The molecule has 0 aliphatic carbocycles. The topological polar surface area (TPSA) is 49.3 Å². The minimum atomic E-state index is -0.190. The first-order valence-electron chi connectivity index (χ1n) is 6.37. The minimum Gasteiger partial charge on any atom is -0.395 e. The number of halogens is 1. The summed E-state index contributed by atoms with van der Waals surface area (Å²) in [6.07, 6.45) is 0.434. The summed E-state index contributed by atoms with van der Waals surface area (Å²) in [7, 11) is 0. The first-order chi connectivity index (χ1) is 10.1. The maximum atomic E-state index is 12.1. The molecule has 1 heterocycles. The third-order valence-corrected chi connectivity index (χ3v) is 3.98. The van der Waals surface area contributed by atoms with Crippen LogP contribution in [0.1, 0.15) is 27.2 Å². The van der Waals surface area contributed by atoms with E-state index in [1.54, 1.807) is 12.1 Å². The van der Waals surface area contributed by atoms with Crippen LogP contribution in [0.5, 0.6) is 0 Å². The number of aliphatic hydroxyl groups is 1. The highest BCUT2D eigenvalue weighted by atomic mass is 35.5. The van der Waals surface area contributed by atoms with Gasteiger partial charge >= 0.3 is 0 Å². The monoisotopic (exact) mass is 319 g/mol. The van der Waals surface area contributed by atoms with Crippen LogP contribution in [0.3, 0.4) is 0 Å². The Labute approximate surface area is 132 Å². The highest BCUT2D eigenvalue weighted by Crippen LogP contribution is 2.23. The van der Waals surface area contributed by atoms with Gasteiger partial charge in [0.05, 0.1) is 15.8 Å². The number of carbonyl (C=O) groups is 1. The minimum absolute atomic E-state index is 0.0433. The van der Waals surface area contributed by atoms with E-state index in [2.05, 4.69) is 17.2 Å². The van der Waals surface area contributed by atoms with Crippen LogP contribution in [0.25, 0.3) is 0 Å². The molecule has 3 nitrogen and oxygen atoms in total. The molecule has 0 spiro atoms. The van der Waals surface area contributed by atoms with E-state index in [9.17, 15) is 4.79 Å². The fourth-order valence-corrected chi connectivity index (χ4v) is 2.62. The summed E-state index contributed by atoms with van der Waals surface area (Å²) in [5, 5.41) is 11.6. The predicted molar refractivity (Wildman–Crippen MR) is 87.0 cm³/mol. The molecule has 1 aromatic carbocycles. The maximum Gasteiger partial charge on any atom is 0.265 e. The number of aliphatic hydroxyl groups excluding tert-OH is 1. The summed E-state index contributed by atoms with van der Waals surface area (Å²) in [6.45, 7) is 2.00. The molecule has 0 aliphatic rings. The van der Waals surface area contributed by atoms with E-state index in [0.717, 1.165) is 11.1 Å². The zero-order chi connectivity index (χ0) is 15.2. The number of thiophene rings is 1. The molecule has 1 amide bonds. The number of anilines is 1. The average molecular weight is 320 g/mol. The smallest absolute Gasteiger partial charge is 0.265 e.